The average Bonchev–Trinajstić information content (AvgIpc) is 3.07. The molecule has 3 atom stereocenters. The fraction of sp³-hybridized carbons (Fsp3) is 0.903. The molecule has 200 valence electrons. The monoisotopic (exact) mass is 478 g/mol. The van der Waals surface area contributed by atoms with Gasteiger partial charge >= 0.3 is 5.97 Å². The van der Waals surface area contributed by atoms with Gasteiger partial charge in [0, 0.05) is 0 Å². The number of carbonyl (C=O) groups is 1. The number of ether oxygens (including phenoxy) is 1. The minimum atomic E-state index is -0.603. The zero-order chi connectivity index (χ0) is 24.7. The van der Waals surface area contributed by atoms with Crippen LogP contribution in [0.1, 0.15) is 162 Å². The summed E-state index contributed by atoms with van der Waals surface area (Å²) in [6, 6.07) is 0. The summed E-state index contributed by atoms with van der Waals surface area (Å²) in [5.74, 6) is -0.488. The predicted octanol–water partition coefficient (Wildman–Crippen LogP) is 9.46. The molecule has 1 rings (SSSR count). The van der Waals surface area contributed by atoms with E-state index in [1.807, 2.05) is 0 Å². The van der Waals surface area contributed by atoms with Gasteiger partial charge in [0.15, 0.2) is 0 Å². The lowest BCUT2D eigenvalue weighted by molar-refractivity contribution is -0.143. The van der Waals surface area contributed by atoms with Gasteiger partial charge in [0.2, 0.25) is 0 Å². The number of unbranched alkanes of at least 4 members (excludes halogenated alkanes) is 20. The van der Waals surface area contributed by atoms with Gasteiger partial charge in [-0.3, -0.25) is 4.79 Å². The number of hydrogen-bond acceptors (Lipinski definition) is 3. The highest BCUT2D eigenvalue weighted by atomic mass is 16.6. The summed E-state index contributed by atoms with van der Waals surface area (Å²) < 4.78 is 5.10. The van der Waals surface area contributed by atoms with Crippen LogP contribution in [0.15, 0.2) is 12.2 Å². The van der Waals surface area contributed by atoms with Crippen LogP contribution in [-0.2, 0) is 9.53 Å². The van der Waals surface area contributed by atoms with Crippen molar-refractivity contribution in [3.05, 3.63) is 12.2 Å². The van der Waals surface area contributed by atoms with E-state index in [0.29, 0.717) is 0 Å². The Balaban J connectivity index is 1.71. The highest BCUT2D eigenvalue weighted by molar-refractivity contribution is 5.75. The number of allylic oxidation sites excluding steroid dienone is 2. The Kier molecular flexibility index (Phi) is 20.8. The summed E-state index contributed by atoms with van der Waals surface area (Å²) in [6.45, 7) is 4.06. The van der Waals surface area contributed by atoms with Crippen molar-refractivity contribution in [2.24, 2.45) is 5.92 Å². The molecule has 1 aliphatic heterocycles. The van der Waals surface area contributed by atoms with Crippen molar-refractivity contribution < 1.29 is 14.6 Å². The maximum Gasteiger partial charge on any atom is 0.312 e. The summed E-state index contributed by atoms with van der Waals surface area (Å²) in [7, 11) is 0. The molecule has 0 amide bonds. The Labute approximate surface area is 212 Å². The van der Waals surface area contributed by atoms with Gasteiger partial charge < -0.3 is 9.84 Å². The summed E-state index contributed by atoms with van der Waals surface area (Å²) in [6.07, 6.45) is 34.4. The fourth-order valence-electron chi connectivity index (χ4n) is 5.12. The van der Waals surface area contributed by atoms with E-state index in [9.17, 15) is 9.90 Å². The highest BCUT2D eigenvalue weighted by Crippen LogP contribution is 2.26. The van der Waals surface area contributed by atoms with E-state index in [-0.39, 0.29) is 18.0 Å². The van der Waals surface area contributed by atoms with Crippen LogP contribution in [0.2, 0.25) is 0 Å². The molecule has 1 N–H and O–H groups in total. The first-order valence-corrected chi connectivity index (χ1v) is 15.2. The SMILES string of the molecule is CCCCCCCC/C=C\CCCCCCCCCCCCCCCC[C@H]1C(=O)O[C@H](C)[C@@H]1O. The molecule has 1 fully saturated rings. The average molecular weight is 479 g/mol. The van der Waals surface area contributed by atoms with E-state index >= 15 is 0 Å². The quantitative estimate of drug-likeness (QED) is 0.0853. The van der Waals surface area contributed by atoms with E-state index < -0.39 is 6.10 Å². The Morgan fingerprint density at radius 1 is 0.647 bits per heavy atom. The van der Waals surface area contributed by atoms with E-state index in [0.717, 1.165) is 12.8 Å². The second kappa shape index (κ2) is 22.6. The Morgan fingerprint density at radius 3 is 1.41 bits per heavy atom. The van der Waals surface area contributed by atoms with E-state index in [1.54, 1.807) is 6.92 Å². The first-order valence-electron chi connectivity index (χ1n) is 15.2. The van der Waals surface area contributed by atoms with Crippen molar-refractivity contribution in [3.63, 3.8) is 0 Å². The molecule has 34 heavy (non-hydrogen) atoms. The van der Waals surface area contributed by atoms with E-state index in [2.05, 4.69) is 19.1 Å². The molecule has 0 unspecified atom stereocenters. The fourth-order valence-corrected chi connectivity index (χ4v) is 5.12. The van der Waals surface area contributed by atoms with Crippen LogP contribution in [0, 0.1) is 5.92 Å². The second-order valence-electron chi connectivity index (χ2n) is 10.8. The summed E-state index contributed by atoms with van der Waals surface area (Å²) in [5, 5.41) is 9.96. The Bertz CT molecular complexity index is 487. The van der Waals surface area contributed by atoms with Crippen LogP contribution in [-0.4, -0.2) is 23.3 Å². The molecule has 1 heterocycles. The lowest BCUT2D eigenvalue weighted by Gasteiger charge is -2.11. The van der Waals surface area contributed by atoms with Crippen LogP contribution in [0.25, 0.3) is 0 Å². The third-order valence-electron chi connectivity index (χ3n) is 7.52. The van der Waals surface area contributed by atoms with Crippen LogP contribution < -0.4 is 0 Å². The van der Waals surface area contributed by atoms with Gasteiger partial charge in [-0.05, 0) is 39.0 Å². The molecule has 0 aliphatic carbocycles. The van der Waals surface area contributed by atoms with Crippen molar-refractivity contribution >= 4 is 5.97 Å². The smallest absolute Gasteiger partial charge is 0.312 e. The van der Waals surface area contributed by atoms with E-state index in [4.69, 9.17) is 4.74 Å². The van der Waals surface area contributed by atoms with Crippen LogP contribution >= 0.6 is 0 Å². The number of carbonyl (C=O) groups excluding carboxylic acids is 1. The molecule has 0 aromatic heterocycles. The van der Waals surface area contributed by atoms with Crippen LogP contribution in [0.4, 0.5) is 0 Å². The zero-order valence-electron chi connectivity index (χ0n) is 22.9. The van der Waals surface area contributed by atoms with Gasteiger partial charge in [-0.15, -0.1) is 0 Å². The van der Waals surface area contributed by atoms with Crippen LogP contribution in [0.5, 0.6) is 0 Å². The highest BCUT2D eigenvalue weighted by Gasteiger charge is 2.40. The normalized spacial score (nSPS) is 20.4. The molecule has 1 saturated heterocycles. The van der Waals surface area contributed by atoms with Gasteiger partial charge in [0.25, 0.3) is 0 Å². The molecular weight excluding hydrogens is 420 g/mol. The molecule has 0 saturated carbocycles. The van der Waals surface area contributed by atoms with E-state index in [1.165, 1.54) is 135 Å². The first kappa shape index (κ1) is 31.2. The maximum absolute atomic E-state index is 11.7. The van der Waals surface area contributed by atoms with Gasteiger partial charge in [0.1, 0.15) is 12.2 Å². The van der Waals surface area contributed by atoms with Gasteiger partial charge in [-0.2, -0.15) is 0 Å². The number of aliphatic hydroxyl groups is 1. The summed E-state index contributed by atoms with van der Waals surface area (Å²) in [5.41, 5.74) is 0. The molecular formula is C31H58O3. The minimum Gasteiger partial charge on any atom is -0.460 e. The van der Waals surface area contributed by atoms with Crippen molar-refractivity contribution in [1.29, 1.82) is 0 Å². The molecule has 0 bridgehead atoms. The predicted molar refractivity (Wildman–Crippen MR) is 146 cm³/mol. The third-order valence-corrected chi connectivity index (χ3v) is 7.52. The number of rotatable bonds is 24. The minimum absolute atomic E-state index is 0.203. The standard InChI is InChI=1S/C31H58O3/c1-3-4-5-6-7-8-9-10-11-12-13-14-15-16-17-18-19-20-21-22-23-24-25-26-27-29-30(32)28(2)34-31(29)33/h10-11,28-30,32H,3-9,12-27H2,1-2H3/b11-10-/t28-,29-,30+/m1/s1. The molecule has 3 nitrogen and oxygen atoms in total. The summed E-state index contributed by atoms with van der Waals surface area (Å²) >= 11 is 0. The molecule has 0 aromatic rings. The molecule has 3 heteroatoms. The summed E-state index contributed by atoms with van der Waals surface area (Å²) in [4.78, 5) is 11.7. The number of aliphatic hydroxyl groups excluding tert-OH is 1. The van der Waals surface area contributed by atoms with Gasteiger partial charge in [0.05, 0.1) is 5.92 Å². The largest absolute Gasteiger partial charge is 0.460 e. The lowest BCUT2D eigenvalue weighted by atomic mass is 9.95. The Hall–Kier alpha value is -0.830. The number of esters is 1. The number of hydrogen-bond donors (Lipinski definition) is 1. The molecule has 1 aliphatic rings. The van der Waals surface area contributed by atoms with Crippen molar-refractivity contribution in [3.8, 4) is 0 Å². The first-order chi connectivity index (χ1) is 16.7. The lowest BCUT2D eigenvalue weighted by Crippen LogP contribution is -2.24. The second-order valence-corrected chi connectivity index (χ2v) is 10.8. The maximum atomic E-state index is 11.7. The zero-order valence-corrected chi connectivity index (χ0v) is 22.9. The Morgan fingerprint density at radius 2 is 1.03 bits per heavy atom. The van der Waals surface area contributed by atoms with Crippen molar-refractivity contribution in [1.82, 2.24) is 0 Å². The molecule has 0 spiro atoms. The topological polar surface area (TPSA) is 46.5 Å². The van der Waals surface area contributed by atoms with Gasteiger partial charge in [-0.25, -0.2) is 0 Å². The third kappa shape index (κ3) is 16.7. The van der Waals surface area contributed by atoms with Crippen LogP contribution in [0.3, 0.4) is 0 Å². The van der Waals surface area contributed by atoms with Gasteiger partial charge in [-0.1, -0.05) is 135 Å². The molecule has 0 aromatic carbocycles. The molecule has 0 radical (unpaired) electrons. The number of cyclic esters (lactones) is 1. The van der Waals surface area contributed by atoms with Crippen molar-refractivity contribution in [2.45, 2.75) is 174 Å². The van der Waals surface area contributed by atoms with Crippen molar-refractivity contribution in [2.75, 3.05) is 0 Å².